The molecule has 4 rings (SSSR count). The molecule has 114 valence electrons. The van der Waals surface area contributed by atoms with Crippen molar-refractivity contribution < 1.29 is 0 Å². The summed E-state index contributed by atoms with van der Waals surface area (Å²) in [5, 5.41) is 13.2. The number of fused-ring (bicyclic) bond motifs is 3. The first-order chi connectivity index (χ1) is 11.1. The van der Waals surface area contributed by atoms with E-state index >= 15 is 0 Å². The van der Waals surface area contributed by atoms with Crippen LogP contribution >= 0.6 is 27.5 Å². The Kier molecular flexibility index (Phi) is 3.39. The van der Waals surface area contributed by atoms with Crippen molar-refractivity contribution >= 4 is 55.7 Å². The molecule has 2 aromatic carbocycles. The molecule has 0 aliphatic heterocycles. The van der Waals surface area contributed by atoms with Crippen molar-refractivity contribution in [1.82, 2.24) is 25.0 Å². The Morgan fingerprint density at radius 1 is 1.17 bits per heavy atom. The summed E-state index contributed by atoms with van der Waals surface area (Å²) in [7, 11) is 1.96. The molecule has 0 fully saturated rings. The Morgan fingerprint density at radius 3 is 2.87 bits per heavy atom. The van der Waals surface area contributed by atoms with Crippen LogP contribution in [0.5, 0.6) is 0 Å². The number of halogens is 2. The molecule has 0 aliphatic rings. The summed E-state index contributed by atoms with van der Waals surface area (Å²) in [6.07, 6.45) is 0. The van der Waals surface area contributed by atoms with Gasteiger partial charge in [0.25, 0.3) is 5.78 Å². The first kappa shape index (κ1) is 14.3. The fourth-order valence-corrected chi connectivity index (χ4v) is 3.05. The van der Waals surface area contributed by atoms with E-state index in [1.54, 1.807) is 4.52 Å². The zero-order valence-electron chi connectivity index (χ0n) is 12.0. The Bertz CT molecular complexity index is 1030. The highest BCUT2D eigenvalue weighted by Gasteiger charge is 2.15. The second-order valence-corrected chi connectivity index (χ2v) is 6.38. The highest BCUT2D eigenvalue weighted by Crippen LogP contribution is 2.31. The summed E-state index contributed by atoms with van der Waals surface area (Å²) in [5.74, 6) is 1.19. The van der Waals surface area contributed by atoms with Crippen molar-refractivity contribution in [3.63, 3.8) is 0 Å². The number of benzene rings is 2. The average molecular weight is 390 g/mol. The smallest absolute Gasteiger partial charge is 0.275 e. The van der Waals surface area contributed by atoms with E-state index in [1.807, 2.05) is 54.4 Å². The molecule has 23 heavy (non-hydrogen) atoms. The van der Waals surface area contributed by atoms with Crippen LogP contribution in [0.4, 0.5) is 11.5 Å². The zero-order chi connectivity index (χ0) is 16.0. The Labute approximate surface area is 144 Å². The lowest BCUT2D eigenvalue weighted by atomic mass is 10.2. The largest absolute Gasteiger partial charge is 0.329 e. The van der Waals surface area contributed by atoms with Crippen molar-refractivity contribution in [3.8, 4) is 0 Å². The number of aromatic nitrogens is 5. The van der Waals surface area contributed by atoms with Crippen LogP contribution < -0.4 is 4.90 Å². The molecular weight excluding hydrogens is 380 g/mol. The summed E-state index contributed by atoms with van der Waals surface area (Å²) in [5.41, 5.74) is 1.81. The predicted molar refractivity (Wildman–Crippen MR) is 93.3 cm³/mol. The van der Waals surface area contributed by atoms with Crippen molar-refractivity contribution in [3.05, 3.63) is 52.0 Å². The quantitative estimate of drug-likeness (QED) is 0.521. The van der Waals surface area contributed by atoms with E-state index in [9.17, 15) is 0 Å². The summed E-state index contributed by atoms with van der Waals surface area (Å²) < 4.78 is 2.58. The molecule has 2 aromatic heterocycles. The van der Waals surface area contributed by atoms with Crippen molar-refractivity contribution in [2.24, 2.45) is 0 Å². The molecule has 0 radical (unpaired) electrons. The average Bonchev–Trinajstić information content (AvgIpc) is 3.02. The zero-order valence-corrected chi connectivity index (χ0v) is 14.3. The molecule has 0 spiro atoms. The molecule has 0 amide bonds. The second-order valence-electron chi connectivity index (χ2n) is 5.03. The standard InChI is InChI=1S/C15H10BrClN6/c1-22(11-4-2-3-9(16)7-11)14-12-6-5-10(17)8-13(12)23-15(18-14)19-20-21-23/h2-8H,1H3. The van der Waals surface area contributed by atoms with Gasteiger partial charge in [-0.05, 0) is 46.8 Å². The predicted octanol–water partition coefficient (Wildman–Crippen LogP) is 3.86. The molecule has 4 aromatic rings. The summed E-state index contributed by atoms with van der Waals surface area (Å²) >= 11 is 9.63. The lowest BCUT2D eigenvalue weighted by Crippen LogP contribution is -2.13. The topological polar surface area (TPSA) is 59.2 Å². The van der Waals surface area contributed by atoms with Gasteiger partial charge in [0.1, 0.15) is 5.82 Å². The van der Waals surface area contributed by atoms with E-state index < -0.39 is 0 Å². The number of tetrazole rings is 1. The molecule has 0 saturated carbocycles. The first-order valence-electron chi connectivity index (χ1n) is 6.80. The van der Waals surface area contributed by atoms with Crippen LogP contribution in [-0.4, -0.2) is 32.1 Å². The number of rotatable bonds is 2. The summed E-state index contributed by atoms with van der Waals surface area (Å²) in [6, 6.07) is 13.6. The first-order valence-corrected chi connectivity index (χ1v) is 7.97. The Hall–Kier alpha value is -2.25. The second kappa shape index (κ2) is 5.43. The van der Waals surface area contributed by atoms with Crippen LogP contribution in [0.3, 0.4) is 0 Å². The van der Waals surface area contributed by atoms with Gasteiger partial charge in [-0.3, -0.25) is 0 Å². The molecule has 2 heterocycles. The van der Waals surface area contributed by atoms with Crippen LogP contribution in [-0.2, 0) is 0 Å². The van der Waals surface area contributed by atoms with E-state index in [0.29, 0.717) is 10.8 Å². The van der Waals surface area contributed by atoms with E-state index in [4.69, 9.17) is 11.6 Å². The number of hydrogen-bond acceptors (Lipinski definition) is 5. The molecule has 6 nitrogen and oxygen atoms in total. The number of nitrogens with zero attached hydrogens (tertiary/aromatic N) is 6. The molecule has 0 unspecified atom stereocenters. The highest BCUT2D eigenvalue weighted by molar-refractivity contribution is 9.10. The van der Waals surface area contributed by atoms with Gasteiger partial charge in [0.05, 0.1) is 5.52 Å². The highest BCUT2D eigenvalue weighted by atomic mass is 79.9. The van der Waals surface area contributed by atoms with Crippen LogP contribution in [0.1, 0.15) is 0 Å². The maximum absolute atomic E-state index is 6.13. The molecule has 0 bridgehead atoms. The van der Waals surface area contributed by atoms with E-state index in [1.165, 1.54) is 0 Å². The van der Waals surface area contributed by atoms with Crippen molar-refractivity contribution in [2.75, 3.05) is 11.9 Å². The van der Waals surface area contributed by atoms with Crippen LogP contribution in [0.25, 0.3) is 16.7 Å². The van der Waals surface area contributed by atoms with Crippen LogP contribution in [0.15, 0.2) is 46.9 Å². The Morgan fingerprint density at radius 2 is 2.04 bits per heavy atom. The molecule has 8 heteroatoms. The van der Waals surface area contributed by atoms with Crippen molar-refractivity contribution in [1.29, 1.82) is 0 Å². The third-order valence-electron chi connectivity index (χ3n) is 3.60. The SMILES string of the molecule is CN(c1cccc(Br)c1)c1nc2nnnn2c2cc(Cl)ccc12. The van der Waals surface area contributed by atoms with Crippen LogP contribution in [0.2, 0.25) is 5.02 Å². The van der Waals surface area contributed by atoms with Gasteiger partial charge >= 0.3 is 0 Å². The molecule has 0 aliphatic carbocycles. The van der Waals surface area contributed by atoms with E-state index in [0.717, 1.165) is 26.9 Å². The monoisotopic (exact) mass is 388 g/mol. The van der Waals surface area contributed by atoms with Gasteiger partial charge in [0.2, 0.25) is 0 Å². The maximum atomic E-state index is 6.13. The molecular formula is C15H10BrClN6. The molecule has 0 saturated heterocycles. The Balaban J connectivity index is 2.01. The van der Waals surface area contributed by atoms with Gasteiger partial charge in [0, 0.05) is 27.6 Å². The van der Waals surface area contributed by atoms with Crippen LogP contribution in [0, 0.1) is 0 Å². The summed E-state index contributed by atoms with van der Waals surface area (Å²) in [4.78, 5) is 6.59. The van der Waals surface area contributed by atoms with Gasteiger partial charge in [-0.15, -0.1) is 0 Å². The number of hydrogen-bond donors (Lipinski definition) is 0. The molecule has 0 N–H and O–H groups in total. The maximum Gasteiger partial charge on any atom is 0.275 e. The normalized spacial score (nSPS) is 11.3. The third kappa shape index (κ3) is 2.42. The van der Waals surface area contributed by atoms with E-state index in [2.05, 4.69) is 36.4 Å². The van der Waals surface area contributed by atoms with Gasteiger partial charge in [-0.25, -0.2) is 0 Å². The minimum atomic E-state index is 0.427. The third-order valence-corrected chi connectivity index (χ3v) is 4.33. The van der Waals surface area contributed by atoms with Gasteiger partial charge in [-0.1, -0.05) is 38.7 Å². The lowest BCUT2D eigenvalue weighted by molar-refractivity contribution is 0.840. The van der Waals surface area contributed by atoms with Gasteiger partial charge in [0.15, 0.2) is 0 Å². The van der Waals surface area contributed by atoms with Crippen molar-refractivity contribution in [2.45, 2.75) is 0 Å². The fraction of sp³-hybridized carbons (Fsp3) is 0.0667. The van der Waals surface area contributed by atoms with Gasteiger partial charge in [-0.2, -0.15) is 9.50 Å². The minimum Gasteiger partial charge on any atom is -0.329 e. The van der Waals surface area contributed by atoms with E-state index in [-0.39, 0.29) is 0 Å². The fourth-order valence-electron chi connectivity index (χ4n) is 2.49. The summed E-state index contributed by atoms with van der Waals surface area (Å²) in [6.45, 7) is 0. The lowest BCUT2D eigenvalue weighted by Gasteiger charge is -2.20. The molecule has 0 atom stereocenters. The van der Waals surface area contributed by atoms with Gasteiger partial charge < -0.3 is 4.90 Å². The number of anilines is 2. The minimum absolute atomic E-state index is 0.427.